The van der Waals surface area contributed by atoms with E-state index in [4.69, 9.17) is 17.2 Å². The standard InChI is InChI=1S/C8H22N4/c1-8(2,7-11)12(5-3-9)6-4-10/h3-7,9-11H2,1-2H3. The van der Waals surface area contributed by atoms with Crippen LogP contribution < -0.4 is 17.2 Å². The molecule has 0 aliphatic heterocycles. The van der Waals surface area contributed by atoms with Crippen molar-refractivity contribution in [3.8, 4) is 0 Å². The van der Waals surface area contributed by atoms with Crippen LogP contribution in [0.4, 0.5) is 0 Å². The molecule has 0 rings (SSSR count). The van der Waals surface area contributed by atoms with Gasteiger partial charge in [0.2, 0.25) is 0 Å². The molecule has 0 atom stereocenters. The fourth-order valence-corrected chi connectivity index (χ4v) is 1.16. The first-order chi connectivity index (χ1) is 5.58. The van der Waals surface area contributed by atoms with E-state index in [0.29, 0.717) is 19.6 Å². The second-order valence-electron chi connectivity index (χ2n) is 3.58. The maximum atomic E-state index is 5.64. The summed E-state index contributed by atoms with van der Waals surface area (Å²) < 4.78 is 0. The molecule has 0 aromatic heterocycles. The molecule has 4 nitrogen and oxygen atoms in total. The van der Waals surface area contributed by atoms with Crippen LogP contribution in [0.5, 0.6) is 0 Å². The van der Waals surface area contributed by atoms with Gasteiger partial charge in [0.25, 0.3) is 0 Å². The van der Waals surface area contributed by atoms with Crippen LogP contribution in [0.3, 0.4) is 0 Å². The molecule has 0 radical (unpaired) electrons. The molecule has 0 saturated carbocycles. The second-order valence-corrected chi connectivity index (χ2v) is 3.58. The fraction of sp³-hybridized carbons (Fsp3) is 1.00. The van der Waals surface area contributed by atoms with E-state index in [2.05, 4.69) is 18.7 Å². The molecule has 0 aromatic rings. The minimum absolute atomic E-state index is 0.0126. The van der Waals surface area contributed by atoms with Crippen molar-refractivity contribution in [3.05, 3.63) is 0 Å². The Balaban J connectivity index is 4.07. The molecule has 4 heteroatoms. The second kappa shape index (κ2) is 5.48. The van der Waals surface area contributed by atoms with Crippen LogP contribution in [0.25, 0.3) is 0 Å². The predicted octanol–water partition coefficient (Wildman–Crippen LogP) is -1.06. The average Bonchev–Trinajstić information content (AvgIpc) is 2.04. The highest BCUT2D eigenvalue weighted by atomic mass is 15.2. The Bertz CT molecular complexity index is 108. The molecule has 0 heterocycles. The van der Waals surface area contributed by atoms with E-state index in [1.165, 1.54) is 0 Å². The van der Waals surface area contributed by atoms with Crippen molar-refractivity contribution < 1.29 is 0 Å². The Kier molecular flexibility index (Phi) is 5.41. The van der Waals surface area contributed by atoms with Crippen molar-refractivity contribution >= 4 is 0 Å². The molecule has 0 fully saturated rings. The first kappa shape index (κ1) is 11.8. The van der Waals surface area contributed by atoms with Crippen LogP contribution in [0, 0.1) is 0 Å². The number of rotatable bonds is 6. The summed E-state index contributed by atoms with van der Waals surface area (Å²) in [6.07, 6.45) is 0. The lowest BCUT2D eigenvalue weighted by atomic mass is 10.0. The van der Waals surface area contributed by atoms with Gasteiger partial charge < -0.3 is 17.2 Å². The molecule has 0 aliphatic rings. The number of nitrogens with two attached hydrogens (primary N) is 3. The molecule has 0 aliphatic carbocycles. The zero-order valence-corrected chi connectivity index (χ0v) is 8.21. The molecular weight excluding hydrogens is 152 g/mol. The van der Waals surface area contributed by atoms with Gasteiger partial charge in [0.1, 0.15) is 0 Å². The Morgan fingerprint density at radius 1 is 1.00 bits per heavy atom. The third kappa shape index (κ3) is 3.49. The average molecular weight is 174 g/mol. The van der Waals surface area contributed by atoms with Crippen LogP contribution in [0.2, 0.25) is 0 Å². The lowest BCUT2D eigenvalue weighted by Gasteiger charge is -2.37. The van der Waals surface area contributed by atoms with E-state index in [1.807, 2.05) is 0 Å². The van der Waals surface area contributed by atoms with E-state index >= 15 is 0 Å². The largest absolute Gasteiger partial charge is 0.329 e. The minimum atomic E-state index is 0.0126. The van der Waals surface area contributed by atoms with Crippen LogP contribution in [0.15, 0.2) is 0 Å². The topological polar surface area (TPSA) is 81.3 Å². The minimum Gasteiger partial charge on any atom is -0.329 e. The van der Waals surface area contributed by atoms with Gasteiger partial charge >= 0.3 is 0 Å². The van der Waals surface area contributed by atoms with Gasteiger partial charge in [0.15, 0.2) is 0 Å². The van der Waals surface area contributed by atoms with Gasteiger partial charge in [-0.2, -0.15) is 0 Å². The lowest BCUT2D eigenvalue weighted by Crippen LogP contribution is -2.52. The van der Waals surface area contributed by atoms with Gasteiger partial charge in [-0.25, -0.2) is 0 Å². The summed E-state index contributed by atoms with van der Waals surface area (Å²) in [6.45, 7) is 7.89. The maximum Gasteiger partial charge on any atom is 0.0276 e. The predicted molar refractivity (Wildman–Crippen MR) is 52.8 cm³/mol. The van der Waals surface area contributed by atoms with Crippen molar-refractivity contribution in [2.24, 2.45) is 17.2 Å². The van der Waals surface area contributed by atoms with Crippen LogP contribution in [-0.2, 0) is 0 Å². The SMILES string of the molecule is CC(C)(CN)N(CCN)CCN. The molecule has 6 N–H and O–H groups in total. The smallest absolute Gasteiger partial charge is 0.0276 e. The number of nitrogens with zero attached hydrogens (tertiary/aromatic N) is 1. The maximum absolute atomic E-state index is 5.64. The van der Waals surface area contributed by atoms with Crippen LogP contribution in [0.1, 0.15) is 13.8 Å². The molecular formula is C8H22N4. The van der Waals surface area contributed by atoms with Crippen molar-refractivity contribution in [2.45, 2.75) is 19.4 Å². The third-order valence-electron chi connectivity index (χ3n) is 2.15. The van der Waals surface area contributed by atoms with Crippen molar-refractivity contribution in [1.82, 2.24) is 4.90 Å². The number of hydrogen-bond acceptors (Lipinski definition) is 4. The van der Waals surface area contributed by atoms with Gasteiger partial charge in [-0.15, -0.1) is 0 Å². The summed E-state index contributed by atoms with van der Waals surface area (Å²) in [6, 6.07) is 0. The normalized spacial score (nSPS) is 12.5. The zero-order chi connectivity index (χ0) is 9.61. The van der Waals surface area contributed by atoms with Gasteiger partial charge in [-0.1, -0.05) is 0 Å². The molecule has 0 aromatic carbocycles. The van der Waals surface area contributed by atoms with E-state index in [9.17, 15) is 0 Å². The molecule has 0 unspecified atom stereocenters. The Morgan fingerprint density at radius 2 is 1.42 bits per heavy atom. The third-order valence-corrected chi connectivity index (χ3v) is 2.15. The Labute approximate surface area is 75.1 Å². The van der Waals surface area contributed by atoms with Crippen molar-refractivity contribution in [2.75, 3.05) is 32.7 Å². The highest BCUT2D eigenvalue weighted by Crippen LogP contribution is 2.10. The summed E-state index contributed by atoms with van der Waals surface area (Å²) in [5.74, 6) is 0. The van der Waals surface area contributed by atoms with Gasteiger partial charge in [-0.05, 0) is 13.8 Å². The highest BCUT2D eigenvalue weighted by molar-refractivity contribution is 4.82. The monoisotopic (exact) mass is 174 g/mol. The molecule has 0 amide bonds. The molecule has 0 saturated heterocycles. The molecule has 0 bridgehead atoms. The fourth-order valence-electron chi connectivity index (χ4n) is 1.16. The quantitative estimate of drug-likeness (QED) is 0.479. The van der Waals surface area contributed by atoms with Crippen LogP contribution in [-0.4, -0.2) is 43.2 Å². The van der Waals surface area contributed by atoms with E-state index in [-0.39, 0.29) is 5.54 Å². The Morgan fingerprint density at radius 3 is 1.67 bits per heavy atom. The van der Waals surface area contributed by atoms with E-state index < -0.39 is 0 Å². The van der Waals surface area contributed by atoms with Crippen molar-refractivity contribution in [3.63, 3.8) is 0 Å². The number of hydrogen-bond donors (Lipinski definition) is 3. The molecule has 12 heavy (non-hydrogen) atoms. The summed E-state index contributed by atoms with van der Waals surface area (Å²) in [7, 11) is 0. The van der Waals surface area contributed by atoms with Gasteiger partial charge in [0.05, 0.1) is 0 Å². The van der Waals surface area contributed by atoms with Gasteiger partial charge in [0, 0.05) is 38.3 Å². The summed E-state index contributed by atoms with van der Waals surface area (Å²) >= 11 is 0. The molecule has 74 valence electrons. The highest BCUT2D eigenvalue weighted by Gasteiger charge is 2.23. The van der Waals surface area contributed by atoms with E-state index in [0.717, 1.165) is 13.1 Å². The zero-order valence-electron chi connectivity index (χ0n) is 8.21. The Hall–Kier alpha value is -0.160. The summed E-state index contributed by atoms with van der Waals surface area (Å²) in [5, 5.41) is 0. The molecule has 0 spiro atoms. The first-order valence-corrected chi connectivity index (χ1v) is 4.43. The van der Waals surface area contributed by atoms with Gasteiger partial charge in [-0.3, -0.25) is 4.90 Å². The lowest BCUT2D eigenvalue weighted by molar-refractivity contribution is 0.135. The first-order valence-electron chi connectivity index (χ1n) is 4.43. The van der Waals surface area contributed by atoms with E-state index in [1.54, 1.807) is 0 Å². The van der Waals surface area contributed by atoms with Crippen LogP contribution >= 0.6 is 0 Å². The summed E-state index contributed by atoms with van der Waals surface area (Å²) in [4.78, 5) is 2.23. The summed E-state index contributed by atoms with van der Waals surface area (Å²) in [5.41, 5.74) is 16.6. The van der Waals surface area contributed by atoms with Crippen molar-refractivity contribution in [1.29, 1.82) is 0 Å².